The number of nitrogens with one attached hydrogen (secondary N) is 1. The molecule has 0 bridgehead atoms. The molecular formula is C22H18N2O6S. The molecule has 3 rings (SSSR count). The minimum Gasteiger partial charge on any atom is -0.480 e. The lowest BCUT2D eigenvalue weighted by molar-refractivity contribution is -0.135. The Balaban J connectivity index is 1.98. The number of hydrogen-bond acceptors (Lipinski definition) is 5. The van der Waals surface area contributed by atoms with Crippen LogP contribution >= 0.6 is 0 Å². The van der Waals surface area contributed by atoms with Gasteiger partial charge < -0.3 is 10.4 Å². The molecule has 0 aliphatic heterocycles. The minimum atomic E-state index is -4.31. The molecule has 0 heterocycles. The quantitative estimate of drug-likeness (QED) is 0.585. The fourth-order valence-electron chi connectivity index (χ4n) is 2.77. The van der Waals surface area contributed by atoms with Crippen LogP contribution < -0.4 is 9.62 Å². The molecule has 9 heteroatoms. The Morgan fingerprint density at radius 3 is 1.87 bits per heavy atom. The molecule has 0 saturated heterocycles. The molecule has 2 N–H and O–H groups in total. The maximum absolute atomic E-state index is 13.4. The Bertz CT molecular complexity index is 1190. The molecule has 0 saturated carbocycles. The number of amides is 2. The third kappa shape index (κ3) is 4.96. The third-order valence-electron chi connectivity index (χ3n) is 4.25. The van der Waals surface area contributed by atoms with Crippen molar-refractivity contribution in [3.63, 3.8) is 0 Å². The number of anilines is 1. The smallest absolute Gasteiger partial charge is 0.322 e. The van der Waals surface area contributed by atoms with Gasteiger partial charge in [0.25, 0.3) is 21.8 Å². The van der Waals surface area contributed by atoms with Crippen molar-refractivity contribution in [2.45, 2.75) is 4.90 Å². The number of para-hydroxylation sites is 1. The number of carboxylic acid groups (broad SMARTS) is 1. The van der Waals surface area contributed by atoms with Gasteiger partial charge in [-0.2, -0.15) is 4.31 Å². The summed E-state index contributed by atoms with van der Waals surface area (Å²) in [6, 6.07) is 20.8. The zero-order valence-electron chi connectivity index (χ0n) is 16.1. The molecule has 0 aliphatic rings. The van der Waals surface area contributed by atoms with Crippen molar-refractivity contribution < 1.29 is 27.9 Å². The monoisotopic (exact) mass is 438 g/mol. The number of carbonyl (C=O) groups excluding carboxylic acids is 2. The molecule has 0 aromatic heterocycles. The standard InChI is InChI=1S/C22H18N2O6S/c25-20(26)15-23-21(27)16-11-13-19(14-12-16)31(29,30)24(18-9-5-2-6-10-18)22(28)17-7-3-1-4-8-17/h1-14H,15H2,(H,23,27)(H,25,26). The number of nitrogens with zero attached hydrogens (tertiary/aromatic N) is 1. The summed E-state index contributed by atoms with van der Waals surface area (Å²) in [5, 5.41) is 10.8. The fraction of sp³-hybridized carbons (Fsp3) is 0.0455. The third-order valence-corrected chi connectivity index (χ3v) is 5.98. The lowest BCUT2D eigenvalue weighted by Gasteiger charge is -2.23. The maximum Gasteiger partial charge on any atom is 0.322 e. The van der Waals surface area contributed by atoms with Gasteiger partial charge in [0, 0.05) is 11.1 Å². The highest BCUT2D eigenvalue weighted by molar-refractivity contribution is 7.93. The minimum absolute atomic E-state index is 0.0841. The molecule has 2 amide bonds. The SMILES string of the molecule is O=C(O)CNC(=O)c1ccc(S(=O)(=O)N(C(=O)c2ccccc2)c2ccccc2)cc1. The highest BCUT2D eigenvalue weighted by atomic mass is 32.2. The summed E-state index contributed by atoms with van der Waals surface area (Å²) in [5.41, 5.74) is 0.445. The zero-order valence-corrected chi connectivity index (χ0v) is 17.0. The second-order valence-electron chi connectivity index (χ2n) is 6.38. The van der Waals surface area contributed by atoms with Gasteiger partial charge >= 0.3 is 5.97 Å². The number of benzene rings is 3. The van der Waals surface area contributed by atoms with Crippen LogP contribution in [0.15, 0.2) is 89.8 Å². The average molecular weight is 438 g/mol. The van der Waals surface area contributed by atoms with Crippen molar-refractivity contribution in [3.05, 3.63) is 96.1 Å². The summed E-state index contributed by atoms with van der Waals surface area (Å²) >= 11 is 0. The lowest BCUT2D eigenvalue weighted by atomic mass is 10.2. The van der Waals surface area contributed by atoms with Crippen molar-refractivity contribution >= 4 is 33.5 Å². The van der Waals surface area contributed by atoms with Crippen molar-refractivity contribution in [1.82, 2.24) is 5.32 Å². The van der Waals surface area contributed by atoms with E-state index in [2.05, 4.69) is 5.32 Å². The van der Waals surface area contributed by atoms with Gasteiger partial charge in [0.2, 0.25) is 0 Å². The Kier molecular flexibility index (Phi) is 6.46. The number of carbonyl (C=O) groups is 3. The van der Waals surface area contributed by atoms with E-state index in [0.29, 0.717) is 4.31 Å². The average Bonchev–Trinajstić information content (AvgIpc) is 2.78. The first-order valence-electron chi connectivity index (χ1n) is 9.10. The summed E-state index contributed by atoms with van der Waals surface area (Å²) < 4.78 is 27.5. The topological polar surface area (TPSA) is 121 Å². The van der Waals surface area contributed by atoms with Crippen LogP contribution in [0.25, 0.3) is 0 Å². The summed E-state index contributed by atoms with van der Waals surface area (Å²) in [6.07, 6.45) is 0. The highest BCUT2D eigenvalue weighted by Gasteiger charge is 2.31. The van der Waals surface area contributed by atoms with Gasteiger partial charge in [-0.15, -0.1) is 0 Å². The first-order chi connectivity index (χ1) is 14.8. The molecular weight excluding hydrogens is 420 g/mol. The summed E-state index contributed by atoms with van der Waals surface area (Å²) in [4.78, 5) is 35.5. The van der Waals surface area contributed by atoms with E-state index in [1.165, 1.54) is 48.5 Å². The van der Waals surface area contributed by atoms with E-state index in [1.54, 1.807) is 36.4 Å². The highest BCUT2D eigenvalue weighted by Crippen LogP contribution is 2.26. The second-order valence-corrected chi connectivity index (χ2v) is 8.16. The van der Waals surface area contributed by atoms with Gasteiger partial charge in [0.05, 0.1) is 10.6 Å². The van der Waals surface area contributed by atoms with Gasteiger partial charge in [-0.3, -0.25) is 14.4 Å². The van der Waals surface area contributed by atoms with Crippen molar-refractivity contribution in [1.29, 1.82) is 0 Å². The van der Waals surface area contributed by atoms with E-state index >= 15 is 0 Å². The van der Waals surface area contributed by atoms with Crippen LogP contribution in [0.4, 0.5) is 5.69 Å². The van der Waals surface area contributed by atoms with Crippen LogP contribution in [0.3, 0.4) is 0 Å². The second kappa shape index (κ2) is 9.23. The molecule has 8 nitrogen and oxygen atoms in total. The molecule has 0 unspecified atom stereocenters. The predicted octanol–water partition coefficient (Wildman–Crippen LogP) is 2.54. The first kappa shape index (κ1) is 21.7. The molecule has 3 aromatic rings. The van der Waals surface area contributed by atoms with Crippen molar-refractivity contribution in [3.8, 4) is 0 Å². The van der Waals surface area contributed by atoms with Crippen LogP contribution in [-0.4, -0.2) is 37.9 Å². The number of aliphatic carboxylic acids is 1. The lowest BCUT2D eigenvalue weighted by Crippen LogP contribution is -2.37. The summed E-state index contributed by atoms with van der Waals surface area (Å²) in [6.45, 7) is -0.563. The van der Waals surface area contributed by atoms with Gasteiger partial charge in [-0.05, 0) is 48.5 Å². The van der Waals surface area contributed by atoms with Crippen LogP contribution in [0.2, 0.25) is 0 Å². The van der Waals surface area contributed by atoms with E-state index in [1.807, 2.05) is 0 Å². The first-order valence-corrected chi connectivity index (χ1v) is 10.5. The largest absolute Gasteiger partial charge is 0.480 e. The molecule has 0 atom stereocenters. The van der Waals surface area contributed by atoms with Gasteiger partial charge in [-0.25, -0.2) is 8.42 Å². The number of carboxylic acids is 1. The maximum atomic E-state index is 13.4. The molecule has 158 valence electrons. The van der Waals surface area contributed by atoms with Gasteiger partial charge in [-0.1, -0.05) is 36.4 Å². The van der Waals surface area contributed by atoms with Gasteiger partial charge in [0.15, 0.2) is 0 Å². The van der Waals surface area contributed by atoms with Crippen LogP contribution in [0, 0.1) is 0 Å². The van der Waals surface area contributed by atoms with Crippen molar-refractivity contribution in [2.75, 3.05) is 10.8 Å². The summed E-state index contributed by atoms with van der Waals surface area (Å²) in [7, 11) is -4.31. The predicted molar refractivity (Wildman–Crippen MR) is 113 cm³/mol. The Morgan fingerprint density at radius 1 is 0.774 bits per heavy atom. The number of hydrogen-bond donors (Lipinski definition) is 2. The molecule has 31 heavy (non-hydrogen) atoms. The number of sulfonamides is 1. The molecule has 0 spiro atoms. The van der Waals surface area contributed by atoms with Gasteiger partial charge in [0.1, 0.15) is 6.54 Å². The van der Waals surface area contributed by atoms with Crippen LogP contribution in [-0.2, 0) is 14.8 Å². The van der Waals surface area contributed by atoms with Crippen LogP contribution in [0.5, 0.6) is 0 Å². The molecule has 0 radical (unpaired) electrons. The van der Waals surface area contributed by atoms with E-state index in [4.69, 9.17) is 5.11 Å². The normalized spacial score (nSPS) is 10.8. The van der Waals surface area contributed by atoms with E-state index < -0.39 is 34.4 Å². The molecule has 3 aromatic carbocycles. The fourth-order valence-corrected chi connectivity index (χ4v) is 4.18. The Morgan fingerprint density at radius 2 is 1.32 bits per heavy atom. The van der Waals surface area contributed by atoms with Crippen molar-refractivity contribution in [2.24, 2.45) is 0 Å². The summed E-state index contributed by atoms with van der Waals surface area (Å²) in [5.74, 6) is -2.59. The van der Waals surface area contributed by atoms with E-state index in [-0.39, 0.29) is 21.7 Å². The Hall–Kier alpha value is -3.98. The zero-order chi connectivity index (χ0) is 22.4. The number of rotatable bonds is 7. The van der Waals surface area contributed by atoms with Crippen LogP contribution in [0.1, 0.15) is 20.7 Å². The molecule has 0 aliphatic carbocycles. The van der Waals surface area contributed by atoms with E-state index in [0.717, 1.165) is 0 Å². The Labute approximate surface area is 178 Å². The van der Waals surface area contributed by atoms with E-state index in [9.17, 15) is 22.8 Å². The molecule has 0 fully saturated rings.